The first-order valence-electron chi connectivity index (χ1n) is 7.00. The van der Waals surface area contributed by atoms with Gasteiger partial charge in [-0.15, -0.1) is 0 Å². The van der Waals surface area contributed by atoms with E-state index in [0.29, 0.717) is 18.8 Å². The highest BCUT2D eigenvalue weighted by molar-refractivity contribution is 5.33. The van der Waals surface area contributed by atoms with E-state index in [1.165, 1.54) is 17.7 Å². The lowest BCUT2D eigenvalue weighted by atomic mass is 10.2. The van der Waals surface area contributed by atoms with Gasteiger partial charge in [0.05, 0.1) is 7.11 Å². The summed E-state index contributed by atoms with van der Waals surface area (Å²) in [5.41, 5.74) is 1.14. The second-order valence-corrected chi connectivity index (χ2v) is 5.36. The Bertz CT molecular complexity index is 777. The van der Waals surface area contributed by atoms with Crippen LogP contribution in [-0.4, -0.2) is 28.2 Å². The van der Waals surface area contributed by atoms with Gasteiger partial charge in [-0.3, -0.25) is 18.8 Å². The number of nitrogens with zero attached hydrogens (tertiary/aromatic N) is 3. The van der Waals surface area contributed by atoms with Gasteiger partial charge in [0.1, 0.15) is 5.75 Å². The predicted octanol–water partition coefficient (Wildman–Crippen LogP) is 0.725. The summed E-state index contributed by atoms with van der Waals surface area (Å²) in [5, 5.41) is 0. The smallest absolute Gasteiger partial charge is 0.330 e. The Morgan fingerprint density at radius 2 is 1.77 bits per heavy atom. The molecule has 0 aliphatic heterocycles. The Kier molecular flexibility index (Phi) is 4.82. The molecule has 6 heteroatoms. The number of benzene rings is 1. The molecule has 0 unspecified atom stereocenters. The monoisotopic (exact) mass is 303 g/mol. The van der Waals surface area contributed by atoms with Crippen LogP contribution in [0.4, 0.5) is 0 Å². The van der Waals surface area contributed by atoms with Gasteiger partial charge in [-0.25, -0.2) is 4.79 Å². The van der Waals surface area contributed by atoms with Crippen LogP contribution < -0.4 is 16.0 Å². The highest BCUT2D eigenvalue weighted by Crippen LogP contribution is 2.19. The van der Waals surface area contributed by atoms with Crippen LogP contribution in [0.2, 0.25) is 0 Å². The van der Waals surface area contributed by atoms with E-state index in [1.54, 1.807) is 14.2 Å². The number of ether oxygens (including phenoxy) is 1. The topological polar surface area (TPSA) is 56.5 Å². The van der Waals surface area contributed by atoms with Gasteiger partial charge >= 0.3 is 5.69 Å². The van der Waals surface area contributed by atoms with Crippen molar-refractivity contribution in [3.8, 4) is 5.75 Å². The lowest BCUT2D eigenvalue weighted by Crippen LogP contribution is -2.39. The van der Waals surface area contributed by atoms with E-state index >= 15 is 0 Å². The fraction of sp³-hybridized carbons (Fsp3) is 0.375. The number of para-hydroxylation sites is 1. The lowest BCUT2D eigenvalue weighted by Gasteiger charge is -2.20. The molecule has 0 aliphatic carbocycles. The van der Waals surface area contributed by atoms with E-state index in [4.69, 9.17) is 4.74 Å². The van der Waals surface area contributed by atoms with E-state index in [1.807, 2.05) is 36.2 Å². The van der Waals surface area contributed by atoms with Gasteiger partial charge in [-0.05, 0) is 13.1 Å². The molecule has 0 N–H and O–H groups in total. The standard InChI is InChI=1S/C16H21N3O3/c1-17(10-12-7-5-6-8-14(12)22-4)11-13-9-15(20)19(3)16(21)18(13)2/h5-9H,10-11H2,1-4H3. The maximum atomic E-state index is 11.9. The second kappa shape index (κ2) is 6.62. The summed E-state index contributed by atoms with van der Waals surface area (Å²) in [4.78, 5) is 25.7. The van der Waals surface area contributed by atoms with Crippen molar-refractivity contribution in [1.82, 2.24) is 14.0 Å². The van der Waals surface area contributed by atoms with Crippen molar-refractivity contribution in [2.75, 3.05) is 14.2 Å². The molecule has 0 radical (unpaired) electrons. The van der Waals surface area contributed by atoms with Gasteiger partial charge in [0.15, 0.2) is 0 Å². The summed E-state index contributed by atoms with van der Waals surface area (Å²) in [6, 6.07) is 9.29. The molecule has 0 amide bonds. The molecule has 2 aromatic rings. The summed E-state index contributed by atoms with van der Waals surface area (Å²) in [6.45, 7) is 1.16. The van der Waals surface area contributed by atoms with E-state index in [2.05, 4.69) is 0 Å². The van der Waals surface area contributed by atoms with Crippen molar-refractivity contribution in [3.05, 3.63) is 62.4 Å². The minimum Gasteiger partial charge on any atom is -0.496 e. The molecule has 2 rings (SSSR count). The van der Waals surface area contributed by atoms with Gasteiger partial charge in [-0.2, -0.15) is 0 Å². The molecule has 0 saturated carbocycles. The minimum atomic E-state index is -0.312. The van der Waals surface area contributed by atoms with Crippen LogP contribution in [0.1, 0.15) is 11.3 Å². The van der Waals surface area contributed by atoms with Gasteiger partial charge in [-0.1, -0.05) is 18.2 Å². The number of hydrogen-bond donors (Lipinski definition) is 0. The van der Waals surface area contributed by atoms with Crippen LogP contribution >= 0.6 is 0 Å². The molecule has 0 atom stereocenters. The molecule has 1 heterocycles. The number of aromatic nitrogens is 2. The quantitative estimate of drug-likeness (QED) is 0.817. The predicted molar refractivity (Wildman–Crippen MR) is 85.1 cm³/mol. The molecule has 22 heavy (non-hydrogen) atoms. The van der Waals surface area contributed by atoms with Crippen LogP contribution in [0.25, 0.3) is 0 Å². The number of methoxy groups -OCH3 is 1. The molecule has 0 saturated heterocycles. The van der Waals surface area contributed by atoms with Gasteiger partial charge < -0.3 is 4.74 Å². The van der Waals surface area contributed by atoms with Crippen LogP contribution in [0.3, 0.4) is 0 Å². The van der Waals surface area contributed by atoms with Crippen LogP contribution in [0.5, 0.6) is 5.75 Å². The number of rotatable bonds is 5. The zero-order valence-electron chi connectivity index (χ0n) is 13.4. The first kappa shape index (κ1) is 16.0. The largest absolute Gasteiger partial charge is 0.496 e. The zero-order chi connectivity index (χ0) is 16.3. The van der Waals surface area contributed by atoms with Crippen molar-refractivity contribution >= 4 is 0 Å². The molecule has 0 spiro atoms. The zero-order valence-corrected chi connectivity index (χ0v) is 13.4. The number of hydrogen-bond acceptors (Lipinski definition) is 4. The third kappa shape index (κ3) is 3.28. The molecular formula is C16H21N3O3. The maximum absolute atomic E-state index is 11.9. The Balaban J connectivity index is 2.21. The minimum absolute atomic E-state index is 0.288. The molecule has 0 bridgehead atoms. The lowest BCUT2D eigenvalue weighted by molar-refractivity contribution is 0.301. The van der Waals surface area contributed by atoms with Crippen molar-refractivity contribution in [2.45, 2.75) is 13.1 Å². The fourth-order valence-corrected chi connectivity index (χ4v) is 2.39. The Morgan fingerprint density at radius 1 is 1.09 bits per heavy atom. The van der Waals surface area contributed by atoms with Crippen LogP contribution in [-0.2, 0) is 27.2 Å². The summed E-state index contributed by atoms with van der Waals surface area (Å²) >= 11 is 0. The van der Waals surface area contributed by atoms with E-state index in [-0.39, 0.29) is 11.2 Å². The van der Waals surface area contributed by atoms with Crippen molar-refractivity contribution in [2.24, 2.45) is 14.1 Å². The molecule has 1 aromatic carbocycles. The molecule has 1 aromatic heterocycles. The fourth-order valence-electron chi connectivity index (χ4n) is 2.39. The second-order valence-electron chi connectivity index (χ2n) is 5.36. The van der Waals surface area contributed by atoms with Crippen molar-refractivity contribution < 1.29 is 4.74 Å². The SMILES string of the molecule is COc1ccccc1CN(C)Cc1cc(=O)n(C)c(=O)n1C. The molecule has 6 nitrogen and oxygen atoms in total. The third-order valence-corrected chi connectivity index (χ3v) is 3.69. The average Bonchev–Trinajstić information content (AvgIpc) is 2.51. The maximum Gasteiger partial charge on any atom is 0.330 e. The van der Waals surface area contributed by atoms with Crippen LogP contribution in [0.15, 0.2) is 39.9 Å². The summed E-state index contributed by atoms with van der Waals surface area (Å²) in [6.07, 6.45) is 0. The van der Waals surface area contributed by atoms with Gasteiger partial charge in [0.25, 0.3) is 5.56 Å². The Labute approximate surface area is 129 Å². The summed E-state index contributed by atoms with van der Waals surface area (Å²) < 4.78 is 7.94. The van der Waals surface area contributed by atoms with Crippen molar-refractivity contribution in [1.29, 1.82) is 0 Å². The third-order valence-electron chi connectivity index (χ3n) is 3.69. The molecular weight excluding hydrogens is 282 g/mol. The summed E-state index contributed by atoms with van der Waals surface area (Å²) in [7, 11) is 6.73. The van der Waals surface area contributed by atoms with E-state index < -0.39 is 0 Å². The van der Waals surface area contributed by atoms with E-state index in [0.717, 1.165) is 15.9 Å². The first-order valence-corrected chi connectivity index (χ1v) is 7.00. The van der Waals surface area contributed by atoms with E-state index in [9.17, 15) is 9.59 Å². The Hall–Kier alpha value is -2.34. The van der Waals surface area contributed by atoms with Gasteiger partial charge in [0.2, 0.25) is 0 Å². The normalized spacial score (nSPS) is 11.0. The molecule has 118 valence electrons. The van der Waals surface area contributed by atoms with Crippen molar-refractivity contribution in [3.63, 3.8) is 0 Å². The molecule has 0 aliphatic rings. The Morgan fingerprint density at radius 3 is 2.45 bits per heavy atom. The average molecular weight is 303 g/mol. The van der Waals surface area contributed by atoms with Gasteiger partial charge in [0, 0.05) is 44.5 Å². The molecule has 0 fully saturated rings. The highest BCUT2D eigenvalue weighted by atomic mass is 16.5. The first-order chi connectivity index (χ1) is 10.4. The summed E-state index contributed by atoms with van der Waals surface area (Å²) in [5.74, 6) is 0.826. The van der Waals surface area contributed by atoms with Crippen LogP contribution in [0, 0.1) is 0 Å². The highest BCUT2D eigenvalue weighted by Gasteiger charge is 2.10.